The van der Waals surface area contributed by atoms with Crippen LogP contribution in [-0.4, -0.2) is 35.1 Å². The lowest BCUT2D eigenvalue weighted by atomic mass is 9.83. The van der Waals surface area contributed by atoms with E-state index in [0.29, 0.717) is 30.2 Å². The number of aryl methyl sites for hydroxylation is 1. The van der Waals surface area contributed by atoms with Crippen LogP contribution in [-0.2, 0) is 0 Å². The van der Waals surface area contributed by atoms with Gasteiger partial charge in [0.25, 0.3) is 5.91 Å². The number of hydrogen-bond acceptors (Lipinski definition) is 4. The molecule has 4 rings (SSSR count). The minimum absolute atomic E-state index is 0.00810. The molecule has 142 valence electrons. The fraction of sp³-hybridized carbons (Fsp3) is 0.455. The molecule has 1 aromatic heterocycles. The van der Waals surface area contributed by atoms with E-state index in [1.165, 1.54) is 0 Å². The second kappa shape index (κ2) is 7.31. The molecule has 2 aliphatic rings. The van der Waals surface area contributed by atoms with E-state index < -0.39 is 11.7 Å². The lowest BCUT2D eigenvalue weighted by Crippen LogP contribution is -2.47. The fourth-order valence-corrected chi connectivity index (χ4v) is 4.15. The average molecular weight is 367 g/mol. The first-order valence-electron chi connectivity index (χ1n) is 9.71. The molecule has 5 heteroatoms. The zero-order valence-corrected chi connectivity index (χ0v) is 15.6. The predicted octanol–water partition coefficient (Wildman–Crippen LogP) is 3.21. The van der Waals surface area contributed by atoms with Crippen LogP contribution in [0.15, 0.2) is 45.6 Å². The lowest BCUT2D eigenvalue weighted by molar-refractivity contribution is 0.0377. The van der Waals surface area contributed by atoms with Crippen LogP contribution in [0.5, 0.6) is 0 Å². The summed E-state index contributed by atoms with van der Waals surface area (Å²) in [5.41, 5.74) is 1.29. The molecule has 5 nitrogen and oxygen atoms in total. The van der Waals surface area contributed by atoms with Gasteiger partial charge in [-0.3, -0.25) is 4.79 Å². The third-order valence-electron chi connectivity index (χ3n) is 5.99. The Kier molecular flexibility index (Phi) is 4.87. The van der Waals surface area contributed by atoms with Crippen LogP contribution in [0, 0.1) is 6.92 Å². The van der Waals surface area contributed by atoms with Crippen molar-refractivity contribution < 1.29 is 14.3 Å². The number of aliphatic hydroxyl groups is 1. The number of hydrogen-bond donors (Lipinski definition) is 1. The van der Waals surface area contributed by atoms with Gasteiger partial charge in [0, 0.05) is 24.9 Å². The molecular weight excluding hydrogens is 342 g/mol. The van der Waals surface area contributed by atoms with Crippen molar-refractivity contribution in [3.8, 4) is 0 Å². The van der Waals surface area contributed by atoms with Crippen LogP contribution in [0.25, 0.3) is 0 Å². The number of carbonyl (C=O) groups is 1. The Balaban J connectivity index is 1.51. The molecule has 0 unspecified atom stereocenters. The zero-order valence-electron chi connectivity index (χ0n) is 15.6. The summed E-state index contributed by atoms with van der Waals surface area (Å²) in [4.78, 5) is 27.0. The number of nitrogens with zero attached hydrogens (tertiary/aromatic N) is 1. The van der Waals surface area contributed by atoms with E-state index in [4.69, 9.17) is 4.42 Å². The van der Waals surface area contributed by atoms with Crippen molar-refractivity contribution in [1.29, 1.82) is 0 Å². The molecule has 2 aromatic rings. The van der Waals surface area contributed by atoms with Gasteiger partial charge in [-0.05, 0) is 43.4 Å². The fourth-order valence-electron chi connectivity index (χ4n) is 4.15. The van der Waals surface area contributed by atoms with Crippen molar-refractivity contribution in [3.63, 3.8) is 0 Å². The summed E-state index contributed by atoms with van der Waals surface area (Å²) in [6, 6.07) is 11.7. The third kappa shape index (κ3) is 3.44. The van der Waals surface area contributed by atoms with Crippen LogP contribution in [0.1, 0.15) is 64.8 Å². The molecular formula is C22H25NO4. The molecule has 1 aromatic carbocycles. The summed E-state index contributed by atoms with van der Waals surface area (Å²) in [5, 5.41) is 10.6. The van der Waals surface area contributed by atoms with Crippen LogP contribution in [0.2, 0.25) is 0 Å². The second-order valence-electron chi connectivity index (χ2n) is 7.75. The number of carbonyl (C=O) groups excluding carboxylic acids is 1. The average Bonchev–Trinajstić information content (AvgIpc) is 2.60. The van der Waals surface area contributed by atoms with Gasteiger partial charge in [-0.1, -0.05) is 36.8 Å². The molecule has 27 heavy (non-hydrogen) atoms. The van der Waals surface area contributed by atoms with Crippen molar-refractivity contribution in [2.75, 3.05) is 13.1 Å². The van der Waals surface area contributed by atoms with Crippen molar-refractivity contribution in [2.45, 2.75) is 50.5 Å². The van der Waals surface area contributed by atoms with Crippen LogP contribution >= 0.6 is 0 Å². The smallest absolute Gasteiger partial charge is 0.349 e. The maximum atomic E-state index is 12.9. The highest BCUT2D eigenvalue weighted by molar-refractivity contribution is 5.95. The van der Waals surface area contributed by atoms with Crippen molar-refractivity contribution in [3.05, 3.63) is 69.3 Å². The zero-order chi connectivity index (χ0) is 19.0. The van der Waals surface area contributed by atoms with Gasteiger partial charge in [0.1, 0.15) is 11.3 Å². The number of aliphatic hydroxyl groups excluding tert-OH is 1. The van der Waals surface area contributed by atoms with Crippen molar-refractivity contribution in [1.82, 2.24) is 4.90 Å². The molecule has 0 bridgehead atoms. The van der Waals surface area contributed by atoms with E-state index >= 15 is 0 Å². The maximum Gasteiger partial charge on any atom is 0.349 e. The molecule has 1 saturated carbocycles. The molecule has 0 radical (unpaired) electrons. The first kappa shape index (κ1) is 18.0. The number of likely N-dealkylation sites (tertiary alicyclic amines) is 1. The first-order chi connectivity index (χ1) is 13.0. The summed E-state index contributed by atoms with van der Waals surface area (Å²) >= 11 is 0. The summed E-state index contributed by atoms with van der Waals surface area (Å²) in [6.07, 6.45) is 3.25. The lowest BCUT2D eigenvalue weighted by Gasteiger charge is -2.36. The summed E-state index contributed by atoms with van der Waals surface area (Å²) in [5.74, 6) is 0.674. The van der Waals surface area contributed by atoms with Gasteiger partial charge < -0.3 is 14.4 Å². The van der Waals surface area contributed by atoms with E-state index in [1.54, 1.807) is 11.8 Å². The molecule has 1 amide bonds. The Hall–Kier alpha value is -2.40. The Morgan fingerprint density at radius 3 is 2.52 bits per heavy atom. The Bertz CT molecular complexity index is 885. The Labute approximate surface area is 158 Å². The van der Waals surface area contributed by atoms with E-state index in [1.807, 2.05) is 36.4 Å². The Morgan fingerprint density at radius 2 is 1.93 bits per heavy atom. The van der Waals surface area contributed by atoms with E-state index in [2.05, 4.69) is 0 Å². The predicted molar refractivity (Wildman–Crippen MR) is 102 cm³/mol. The first-order valence-corrected chi connectivity index (χ1v) is 9.71. The third-order valence-corrected chi connectivity index (χ3v) is 5.99. The minimum atomic E-state index is -0.647. The van der Waals surface area contributed by atoms with Crippen molar-refractivity contribution in [2.24, 2.45) is 0 Å². The molecule has 1 aliphatic carbocycles. The highest BCUT2D eigenvalue weighted by atomic mass is 16.4. The monoisotopic (exact) mass is 367 g/mol. The number of piperidine rings is 1. The minimum Gasteiger partial charge on any atom is -0.427 e. The van der Waals surface area contributed by atoms with Crippen LogP contribution < -0.4 is 5.63 Å². The standard InChI is InChI=1S/C22H25NO4/c1-14-12-19(16-8-5-9-16)27-22(26)20(14)21(25)23-11-10-17(18(24)13-23)15-6-3-2-4-7-15/h2-4,6-7,12,16-18,24H,5,8-11,13H2,1H3/t17-,18+/m0/s1. The van der Waals surface area contributed by atoms with Crippen molar-refractivity contribution >= 4 is 5.91 Å². The van der Waals surface area contributed by atoms with Gasteiger partial charge in [-0.25, -0.2) is 4.79 Å². The van der Waals surface area contributed by atoms with Gasteiger partial charge >= 0.3 is 5.63 Å². The van der Waals surface area contributed by atoms with Gasteiger partial charge in [-0.2, -0.15) is 0 Å². The van der Waals surface area contributed by atoms with Gasteiger partial charge in [0.05, 0.1) is 6.10 Å². The second-order valence-corrected chi connectivity index (χ2v) is 7.75. The molecule has 0 spiro atoms. The van der Waals surface area contributed by atoms with Crippen LogP contribution in [0.4, 0.5) is 0 Å². The largest absolute Gasteiger partial charge is 0.427 e. The summed E-state index contributed by atoms with van der Waals surface area (Å²) < 4.78 is 5.46. The molecule has 1 N–H and O–H groups in total. The number of amides is 1. The van der Waals surface area contributed by atoms with E-state index in [0.717, 1.165) is 24.8 Å². The molecule has 2 fully saturated rings. The molecule has 2 heterocycles. The highest BCUT2D eigenvalue weighted by Gasteiger charge is 2.33. The van der Waals surface area contributed by atoms with Gasteiger partial charge in [0.15, 0.2) is 0 Å². The quantitative estimate of drug-likeness (QED) is 0.904. The SMILES string of the molecule is Cc1cc(C2CCC2)oc(=O)c1C(=O)N1CC[C@@H](c2ccccc2)[C@H](O)C1. The Morgan fingerprint density at radius 1 is 1.19 bits per heavy atom. The topological polar surface area (TPSA) is 70.8 Å². The van der Waals surface area contributed by atoms with Gasteiger partial charge in [-0.15, -0.1) is 0 Å². The number of benzene rings is 1. The number of β-amino-alcohol motifs (C(OH)–C–C–N with tert-alkyl or cyclic N) is 1. The normalized spacial score (nSPS) is 23.1. The molecule has 1 saturated heterocycles. The summed E-state index contributed by atoms with van der Waals surface area (Å²) in [7, 11) is 0. The highest BCUT2D eigenvalue weighted by Crippen LogP contribution is 2.36. The van der Waals surface area contributed by atoms with E-state index in [-0.39, 0.29) is 23.9 Å². The maximum absolute atomic E-state index is 12.9. The number of rotatable bonds is 3. The molecule has 2 atom stereocenters. The molecule has 1 aliphatic heterocycles. The van der Waals surface area contributed by atoms with Crippen LogP contribution in [0.3, 0.4) is 0 Å². The van der Waals surface area contributed by atoms with Gasteiger partial charge in [0.2, 0.25) is 0 Å². The van der Waals surface area contributed by atoms with E-state index in [9.17, 15) is 14.7 Å². The summed E-state index contributed by atoms with van der Waals surface area (Å²) in [6.45, 7) is 2.53.